The topological polar surface area (TPSA) is 414 Å². The van der Waals surface area contributed by atoms with Gasteiger partial charge in [0.15, 0.2) is 34.1 Å². The lowest BCUT2D eigenvalue weighted by atomic mass is 9.79. The Hall–Kier alpha value is -11.7. The highest BCUT2D eigenvalue weighted by atomic mass is 32.2. The van der Waals surface area contributed by atoms with Crippen LogP contribution in [0.25, 0.3) is 5.57 Å². The Labute approximate surface area is 746 Å². The van der Waals surface area contributed by atoms with Crippen LogP contribution in [0.3, 0.4) is 0 Å². The van der Waals surface area contributed by atoms with Crippen molar-refractivity contribution in [3.63, 3.8) is 0 Å². The molecule has 680 valence electrons. The van der Waals surface area contributed by atoms with Crippen molar-refractivity contribution in [3.8, 4) is 0 Å². The molecule has 0 bridgehead atoms. The number of hydrogen-bond donors (Lipinski definition) is 11. The molecule has 29 heteroatoms. The number of nitrogens with zero attached hydrogens (tertiary/aromatic N) is 4. The van der Waals surface area contributed by atoms with Gasteiger partial charge in [0, 0.05) is 126 Å². The number of nitrogens with two attached hydrogens (primary N) is 1. The zero-order valence-corrected chi connectivity index (χ0v) is 75.4. The summed E-state index contributed by atoms with van der Waals surface area (Å²) in [6.07, 6.45) is 16.2. The molecule has 8 amide bonds. The molecule has 5 aromatic rings. The van der Waals surface area contributed by atoms with Gasteiger partial charge in [-0.05, 0) is 187 Å². The first kappa shape index (κ1) is 97.5. The average molecular weight is 1760 g/mol. The highest BCUT2D eigenvalue weighted by Gasteiger charge is 2.46. The van der Waals surface area contributed by atoms with Gasteiger partial charge in [-0.1, -0.05) is 146 Å². The van der Waals surface area contributed by atoms with E-state index in [1.807, 2.05) is 30.3 Å². The first-order chi connectivity index (χ1) is 60.4. The number of Topliss-reactive ketones (excluding diaryl/α,β-unsaturated/α-hetero) is 3. The number of aliphatic carboxylic acids is 3. The fourth-order valence-electron chi connectivity index (χ4n) is 17.9. The van der Waals surface area contributed by atoms with E-state index in [4.69, 9.17) is 5.73 Å². The number of rotatable bonds is 43. The number of para-hydroxylation sites is 3. The predicted octanol–water partition coefficient (Wildman–Crippen LogP) is 14.5. The summed E-state index contributed by atoms with van der Waals surface area (Å²) in [5.41, 5.74) is 18.3. The molecule has 3 heterocycles. The van der Waals surface area contributed by atoms with E-state index in [2.05, 4.69) is 149 Å². The number of allylic oxidation sites excluding steroid dienone is 8. The van der Waals surface area contributed by atoms with Crippen molar-refractivity contribution in [1.82, 2.24) is 26.6 Å². The molecule has 1 saturated carbocycles. The van der Waals surface area contributed by atoms with Gasteiger partial charge in [-0.25, -0.2) is 18.6 Å². The van der Waals surface area contributed by atoms with Crippen LogP contribution >= 0.6 is 0 Å². The van der Waals surface area contributed by atoms with Crippen LogP contribution in [0.5, 0.6) is 0 Å². The second-order valence-electron chi connectivity index (χ2n) is 36.1. The summed E-state index contributed by atoms with van der Waals surface area (Å²) in [6, 6.07) is 29.7. The third-order valence-electron chi connectivity index (χ3n) is 25.0. The number of ketones is 3. The largest absolute Gasteiger partial charge is 0.481 e. The summed E-state index contributed by atoms with van der Waals surface area (Å²) < 4.78 is 23.8. The molecular weight excluding hydrogens is 1640 g/mol. The smallest absolute Gasteiger partial charge is 0.326 e. The Bertz CT molecular complexity index is 5110. The molecule has 127 heavy (non-hydrogen) atoms. The van der Waals surface area contributed by atoms with Gasteiger partial charge >= 0.3 is 30.0 Å². The van der Waals surface area contributed by atoms with Gasteiger partial charge in [0.25, 0.3) is 11.8 Å². The molecule has 5 aromatic carbocycles. The molecule has 28 nitrogen and oxygen atoms in total. The average Bonchev–Trinajstić information content (AvgIpc) is 1.60. The zero-order chi connectivity index (χ0) is 92.0. The lowest BCUT2D eigenvalue weighted by Crippen LogP contribution is -2.55. The number of carboxylic acids is 3. The van der Waals surface area contributed by atoms with Gasteiger partial charge in [0.1, 0.15) is 18.6 Å². The Morgan fingerprint density at radius 1 is 0.654 bits per heavy atom. The summed E-state index contributed by atoms with van der Waals surface area (Å²) in [4.78, 5) is 169. The molecule has 0 saturated heterocycles. The maximum Gasteiger partial charge on any atom is 0.326 e. The van der Waals surface area contributed by atoms with Crippen molar-refractivity contribution in [3.05, 3.63) is 190 Å². The minimum absolute atomic E-state index is 0.0163. The summed E-state index contributed by atoms with van der Waals surface area (Å²) in [5.74, 6) is -11.9. The first-order valence-corrected chi connectivity index (χ1v) is 45.9. The summed E-state index contributed by atoms with van der Waals surface area (Å²) >= 11 is -1.89. The molecule has 10 rings (SSSR count). The maximum atomic E-state index is 14.7. The lowest BCUT2D eigenvalue weighted by Gasteiger charge is -2.37. The Balaban J connectivity index is 0.792. The number of carboxylic acid groups (broad SMARTS) is 3. The zero-order valence-electron chi connectivity index (χ0n) is 74.6. The number of fused-ring (bicyclic) bond motifs is 3. The molecule has 0 radical (unpaired) electrons. The van der Waals surface area contributed by atoms with Crippen LogP contribution in [-0.2, 0) is 60.3 Å². The van der Waals surface area contributed by atoms with Crippen molar-refractivity contribution >= 4 is 122 Å². The molecule has 1 fully saturated rings. The highest BCUT2D eigenvalue weighted by molar-refractivity contribution is 7.79. The first-order valence-electron chi connectivity index (χ1n) is 44.6. The monoisotopic (exact) mass is 1760 g/mol. The number of carbonyl (C=O) groups is 12. The van der Waals surface area contributed by atoms with E-state index >= 15 is 0 Å². The van der Waals surface area contributed by atoms with E-state index < -0.39 is 138 Å². The molecular formula is C98H126N11O17S+. The summed E-state index contributed by atoms with van der Waals surface area (Å²) in [5, 5.41) is 46.2. The van der Waals surface area contributed by atoms with Gasteiger partial charge in [-0.15, -0.1) is 0 Å². The van der Waals surface area contributed by atoms with Crippen LogP contribution in [0.2, 0.25) is 0 Å². The third kappa shape index (κ3) is 25.8. The van der Waals surface area contributed by atoms with Crippen molar-refractivity contribution in [2.24, 2.45) is 23.0 Å². The second kappa shape index (κ2) is 44.6. The number of anilines is 4. The van der Waals surface area contributed by atoms with E-state index in [9.17, 15) is 81.6 Å². The van der Waals surface area contributed by atoms with Gasteiger partial charge in [-0.3, -0.25) is 43.2 Å². The van der Waals surface area contributed by atoms with Crippen molar-refractivity contribution in [1.29, 1.82) is 0 Å². The van der Waals surface area contributed by atoms with E-state index in [-0.39, 0.29) is 104 Å². The van der Waals surface area contributed by atoms with Gasteiger partial charge < -0.3 is 72.2 Å². The van der Waals surface area contributed by atoms with Crippen LogP contribution < -0.4 is 52.3 Å². The molecule has 3 aliphatic heterocycles. The fourth-order valence-corrected chi connectivity index (χ4v) is 18.3. The number of urea groups is 2. The van der Waals surface area contributed by atoms with Gasteiger partial charge in [0.2, 0.25) is 17.5 Å². The molecule has 12 N–H and O–H groups in total. The highest BCUT2D eigenvalue weighted by Crippen LogP contribution is 2.49. The molecule has 0 aromatic heterocycles. The van der Waals surface area contributed by atoms with Crippen LogP contribution in [-0.4, -0.2) is 175 Å². The lowest BCUT2D eigenvalue weighted by molar-refractivity contribution is -0.438. The summed E-state index contributed by atoms with van der Waals surface area (Å²) in [7, 11) is 0. The molecule has 2 aliphatic carbocycles. The maximum absolute atomic E-state index is 14.7. The summed E-state index contributed by atoms with van der Waals surface area (Å²) in [6.45, 7) is 20.0. The predicted molar refractivity (Wildman–Crippen MR) is 492 cm³/mol. The number of carbonyl (C=O) groups excluding carboxylic acids is 9. The molecule has 4 unspecified atom stereocenters. The third-order valence-corrected chi connectivity index (χ3v) is 25.6. The number of benzene rings is 5. The number of amides is 8. The SMILES string of the molecule is CCCC[N+]1=C(/C=C/C2=C(c3ccc(C(=O)NCCCC[C@H](NC(=O)C(CC(=O)O)CC(=O)C(CCCNC(N)=O)NC(=O)C(CCC(=O)O)CC(=O)c4cccc(NC(=O)N[C@@H]5CN(C6CCCCC6)c6ccccc6N(CC(=O)C(C)(C)C)C5=O)c4)C(=O)O)cc3)C(=C/C=C3/N(CCCCS(=O)O)c4ccccc4C3(C)C)/CCC2)C(C)(C)c2cc(C)ccc21. The van der Waals surface area contributed by atoms with E-state index in [1.165, 1.54) is 57.3 Å². The van der Waals surface area contributed by atoms with Crippen LogP contribution in [0.15, 0.2) is 156 Å². The quantitative estimate of drug-likeness (QED) is 0.00747. The Kier molecular flexibility index (Phi) is 34.3. The van der Waals surface area contributed by atoms with Crippen molar-refractivity contribution in [2.45, 2.75) is 239 Å². The van der Waals surface area contributed by atoms with E-state index in [1.54, 1.807) is 45.0 Å². The number of hydrogen-bond acceptors (Lipinski definition) is 15. The van der Waals surface area contributed by atoms with E-state index in [0.29, 0.717) is 24.2 Å². The van der Waals surface area contributed by atoms with Crippen LogP contribution in [0.1, 0.15) is 240 Å². The van der Waals surface area contributed by atoms with Crippen LogP contribution in [0.4, 0.5) is 38.0 Å². The number of unbranched alkanes of at least 4 members (excludes halogenated alkanes) is 3. The van der Waals surface area contributed by atoms with Crippen molar-refractivity contribution < 1.29 is 86.2 Å². The minimum Gasteiger partial charge on any atom is -0.481 e. The second-order valence-corrected chi connectivity index (χ2v) is 37.2. The standard InChI is InChI=1S/C98H125N11O17S/c1-10-11-52-106-78-46-38-62(2)55-73(78)98(8,9)84(106)48-44-64-27-23-26-63(43-47-83-97(6,7)72-32-15-16-35-77(72)107(83)53-21-22-54-127(125)126)88(64)65-39-41-66(42-40-65)89(117)100-50-20-19-33-75(93(121)122)104-91(119)69(59-87(115)116)58-82(111)74(34-25-51-101-94(99)123)103-90(118)68(45-49-86(113)114)57-81(110)67-28-24-29-70(56-67)102-95(124)105-76-60-108(71-30-13-12-14-31-71)79-36-17-18-37-80(79)109(92(76)120)61-85(112)96(3,4)5/h15-18,24,28-29,32,35-44,46-48,55-56,68-69,71,74-76H,10-14,19-23,25-27,30-31,33-34,45,49-54,57-61H2,1-9H3,(H11-,99,100,101,102,103,104,105,113,114,115,116,117,118,119,121,122,123,124,125,126)/p+1/t68?,69?,74?,75-,76+/m0/s1. The van der Waals surface area contributed by atoms with Gasteiger partial charge in [-0.2, -0.15) is 4.58 Å². The molecule has 0 spiro atoms. The number of aryl methyl sites for hydroxylation is 1. The Morgan fingerprint density at radius 2 is 1.34 bits per heavy atom. The Morgan fingerprint density at radius 3 is 2.02 bits per heavy atom. The molecule has 5 aliphatic rings. The van der Waals surface area contributed by atoms with Gasteiger partial charge in [0.05, 0.1) is 41.7 Å². The van der Waals surface area contributed by atoms with E-state index in [0.717, 1.165) is 117 Å². The normalized spacial score (nSPS) is 18.0. The number of nitrogens with one attached hydrogen (secondary N) is 6. The van der Waals surface area contributed by atoms with Crippen LogP contribution in [0, 0.1) is 24.2 Å². The van der Waals surface area contributed by atoms with Crippen molar-refractivity contribution in [2.75, 3.05) is 65.0 Å². The fraction of sp³-hybridized carbons (Fsp3) is 0.480. The number of primary amides is 1. The minimum atomic E-state index is -1.89. The molecule has 6 atom stereocenters.